The molecule has 0 saturated carbocycles. The largest absolute Gasteiger partial charge is 0.497 e. The van der Waals surface area contributed by atoms with Gasteiger partial charge < -0.3 is 14.2 Å². The van der Waals surface area contributed by atoms with E-state index in [1.807, 2.05) is 36.4 Å². The molecule has 0 amide bonds. The molecule has 0 radical (unpaired) electrons. The van der Waals surface area contributed by atoms with Crippen LogP contribution in [-0.2, 0) is 14.3 Å². The molecule has 1 aliphatic heterocycles. The SMILES string of the molecule is CCOC(=O)C1=c2cc(OC)ccc2=C2C=CC=CC2O1. The summed E-state index contributed by atoms with van der Waals surface area (Å²) in [6.07, 6.45) is 7.53. The third-order valence-corrected chi connectivity index (χ3v) is 3.47. The van der Waals surface area contributed by atoms with Crippen LogP contribution in [0.3, 0.4) is 0 Å². The normalized spacial score (nSPS) is 18.7. The van der Waals surface area contributed by atoms with Crippen molar-refractivity contribution in [2.75, 3.05) is 13.7 Å². The molecule has 4 nitrogen and oxygen atoms in total. The molecule has 0 fully saturated rings. The van der Waals surface area contributed by atoms with Crippen molar-refractivity contribution in [1.82, 2.24) is 0 Å². The monoisotopic (exact) mass is 284 g/mol. The Kier molecular flexibility index (Phi) is 3.52. The molecule has 0 bridgehead atoms. The van der Waals surface area contributed by atoms with Gasteiger partial charge in [-0.3, -0.25) is 0 Å². The van der Waals surface area contributed by atoms with Gasteiger partial charge in [0, 0.05) is 10.8 Å². The number of fused-ring (bicyclic) bond motifs is 2. The van der Waals surface area contributed by atoms with E-state index < -0.39 is 5.97 Å². The fourth-order valence-electron chi connectivity index (χ4n) is 2.50. The molecule has 0 spiro atoms. The van der Waals surface area contributed by atoms with Gasteiger partial charge in [0.05, 0.1) is 13.7 Å². The first-order valence-electron chi connectivity index (χ1n) is 6.85. The number of methoxy groups -OCH3 is 1. The second-order valence-corrected chi connectivity index (χ2v) is 4.70. The second kappa shape index (κ2) is 5.48. The molecule has 3 rings (SSSR count). The molecule has 21 heavy (non-hydrogen) atoms. The summed E-state index contributed by atoms with van der Waals surface area (Å²) in [5.41, 5.74) is 1.03. The van der Waals surface area contributed by atoms with Crippen LogP contribution in [0.5, 0.6) is 5.75 Å². The fourth-order valence-corrected chi connectivity index (χ4v) is 2.50. The van der Waals surface area contributed by atoms with Gasteiger partial charge >= 0.3 is 5.97 Å². The molecule has 1 aromatic carbocycles. The van der Waals surface area contributed by atoms with Crippen LogP contribution in [0.25, 0.3) is 11.3 Å². The standard InChI is InChI=1S/C17H16O4/c1-3-20-17(18)16-14-10-11(19-2)8-9-12(14)13-6-4-5-7-15(13)21-16/h4-10,15H,3H2,1-2H3. The zero-order valence-corrected chi connectivity index (χ0v) is 12.0. The maximum atomic E-state index is 12.2. The lowest BCUT2D eigenvalue weighted by Crippen LogP contribution is -2.40. The number of esters is 1. The zero-order chi connectivity index (χ0) is 14.8. The van der Waals surface area contributed by atoms with Crippen molar-refractivity contribution in [1.29, 1.82) is 0 Å². The van der Waals surface area contributed by atoms with Crippen molar-refractivity contribution >= 4 is 17.3 Å². The highest BCUT2D eigenvalue weighted by molar-refractivity contribution is 6.07. The second-order valence-electron chi connectivity index (χ2n) is 4.70. The Bertz CT molecular complexity index is 755. The van der Waals surface area contributed by atoms with Crippen LogP contribution in [0, 0.1) is 0 Å². The molecule has 1 aromatic rings. The first-order chi connectivity index (χ1) is 10.2. The first kappa shape index (κ1) is 13.5. The number of rotatable bonds is 3. The van der Waals surface area contributed by atoms with Gasteiger partial charge in [0.15, 0.2) is 0 Å². The van der Waals surface area contributed by atoms with Crippen molar-refractivity contribution < 1.29 is 19.0 Å². The Morgan fingerprint density at radius 1 is 1.29 bits per heavy atom. The number of benzene rings is 1. The van der Waals surface area contributed by atoms with Crippen LogP contribution in [0.1, 0.15) is 6.92 Å². The van der Waals surface area contributed by atoms with E-state index in [4.69, 9.17) is 14.2 Å². The van der Waals surface area contributed by atoms with Crippen LogP contribution in [0.4, 0.5) is 0 Å². The molecular weight excluding hydrogens is 268 g/mol. The Balaban J connectivity index is 2.30. The summed E-state index contributed by atoms with van der Waals surface area (Å²) in [5, 5.41) is 1.68. The minimum atomic E-state index is -0.450. The highest BCUT2D eigenvalue weighted by Gasteiger charge is 2.26. The molecule has 108 valence electrons. The maximum Gasteiger partial charge on any atom is 0.374 e. The van der Waals surface area contributed by atoms with Gasteiger partial charge in [-0.1, -0.05) is 24.3 Å². The van der Waals surface area contributed by atoms with E-state index in [2.05, 4.69) is 0 Å². The molecular formula is C17H16O4. The van der Waals surface area contributed by atoms with E-state index in [9.17, 15) is 4.79 Å². The highest BCUT2D eigenvalue weighted by atomic mass is 16.6. The molecule has 0 N–H and O–H groups in total. The van der Waals surface area contributed by atoms with Crippen LogP contribution < -0.4 is 15.2 Å². The molecule has 0 saturated heterocycles. The fraction of sp³-hybridized carbons (Fsp3) is 0.235. The van der Waals surface area contributed by atoms with E-state index in [1.54, 1.807) is 20.1 Å². The number of hydrogen-bond donors (Lipinski definition) is 0. The van der Waals surface area contributed by atoms with Gasteiger partial charge in [-0.05, 0) is 30.4 Å². The topological polar surface area (TPSA) is 44.8 Å². The number of allylic oxidation sites excluding steroid dienone is 2. The average molecular weight is 284 g/mol. The van der Waals surface area contributed by atoms with Gasteiger partial charge in [-0.2, -0.15) is 0 Å². The van der Waals surface area contributed by atoms with E-state index in [1.165, 1.54) is 0 Å². The summed E-state index contributed by atoms with van der Waals surface area (Å²) in [7, 11) is 1.59. The Hall–Kier alpha value is -2.49. The third-order valence-electron chi connectivity index (χ3n) is 3.47. The molecule has 1 heterocycles. The van der Waals surface area contributed by atoms with Crippen molar-refractivity contribution in [3.63, 3.8) is 0 Å². The van der Waals surface area contributed by atoms with E-state index in [-0.39, 0.29) is 11.9 Å². The van der Waals surface area contributed by atoms with E-state index >= 15 is 0 Å². The quantitative estimate of drug-likeness (QED) is 0.778. The maximum absolute atomic E-state index is 12.2. The van der Waals surface area contributed by atoms with Crippen molar-refractivity contribution in [3.05, 3.63) is 52.9 Å². The lowest BCUT2D eigenvalue weighted by atomic mass is 9.97. The zero-order valence-electron chi connectivity index (χ0n) is 12.0. The number of hydrogen-bond acceptors (Lipinski definition) is 4. The van der Waals surface area contributed by atoms with Crippen molar-refractivity contribution in [3.8, 4) is 5.75 Å². The van der Waals surface area contributed by atoms with Crippen molar-refractivity contribution in [2.24, 2.45) is 0 Å². The van der Waals surface area contributed by atoms with E-state index in [0.717, 1.165) is 10.8 Å². The number of carbonyl (C=O) groups is 1. The summed E-state index contributed by atoms with van der Waals surface area (Å²) in [4.78, 5) is 12.2. The van der Waals surface area contributed by atoms with E-state index in [0.29, 0.717) is 17.6 Å². The van der Waals surface area contributed by atoms with Crippen LogP contribution in [0.15, 0.2) is 42.5 Å². The van der Waals surface area contributed by atoms with Gasteiger partial charge in [0.1, 0.15) is 11.9 Å². The highest BCUT2D eigenvalue weighted by Crippen LogP contribution is 2.21. The molecule has 1 atom stereocenters. The minimum Gasteiger partial charge on any atom is -0.497 e. The Morgan fingerprint density at radius 3 is 2.90 bits per heavy atom. The molecule has 1 unspecified atom stereocenters. The molecule has 1 aliphatic carbocycles. The first-order valence-corrected chi connectivity index (χ1v) is 6.85. The molecule has 2 aliphatic rings. The van der Waals surface area contributed by atoms with Gasteiger partial charge in [-0.25, -0.2) is 4.79 Å². The van der Waals surface area contributed by atoms with Crippen LogP contribution in [-0.4, -0.2) is 25.8 Å². The summed E-state index contributed by atoms with van der Waals surface area (Å²) in [6, 6.07) is 5.63. The smallest absolute Gasteiger partial charge is 0.374 e. The third kappa shape index (κ3) is 2.33. The minimum absolute atomic E-state index is 0.236. The van der Waals surface area contributed by atoms with Gasteiger partial charge in [0.25, 0.3) is 0 Å². The Morgan fingerprint density at radius 2 is 2.14 bits per heavy atom. The predicted octanol–water partition coefficient (Wildman–Crippen LogP) is 1.04. The lowest BCUT2D eigenvalue weighted by molar-refractivity contribution is -0.138. The van der Waals surface area contributed by atoms with Crippen LogP contribution in [0.2, 0.25) is 0 Å². The average Bonchev–Trinajstić information content (AvgIpc) is 2.53. The Labute approximate surface area is 122 Å². The summed E-state index contributed by atoms with van der Waals surface area (Å²) >= 11 is 0. The molecule has 0 aromatic heterocycles. The lowest BCUT2D eigenvalue weighted by Gasteiger charge is -2.24. The number of ether oxygens (including phenoxy) is 3. The molecule has 4 heteroatoms. The summed E-state index contributed by atoms with van der Waals surface area (Å²) < 4.78 is 16.2. The van der Waals surface area contributed by atoms with Crippen molar-refractivity contribution in [2.45, 2.75) is 13.0 Å². The number of carbonyl (C=O) groups excluding carboxylic acids is 1. The van der Waals surface area contributed by atoms with Gasteiger partial charge in [0.2, 0.25) is 5.76 Å². The summed E-state index contributed by atoms with van der Waals surface area (Å²) in [5.74, 6) is 0.460. The predicted molar refractivity (Wildman–Crippen MR) is 78.8 cm³/mol. The summed E-state index contributed by atoms with van der Waals surface area (Å²) in [6.45, 7) is 2.08. The van der Waals surface area contributed by atoms with Crippen LogP contribution >= 0.6 is 0 Å². The van der Waals surface area contributed by atoms with Gasteiger partial charge in [-0.15, -0.1) is 0 Å².